The zero-order valence-corrected chi connectivity index (χ0v) is 10.1. The minimum absolute atomic E-state index is 0.164. The largest absolute Gasteiger partial charge is 0.478 e. The van der Waals surface area contributed by atoms with E-state index in [2.05, 4.69) is 4.98 Å². The molecule has 16 heavy (non-hydrogen) atoms. The van der Waals surface area contributed by atoms with E-state index in [4.69, 9.17) is 5.11 Å². The first-order valence-electron chi connectivity index (χ1n) is 4.74. The fourth-order valence-corrected chi connectivity index (χ4v) is 2.24. The molecule has 1 aromatic heterocycles. The average molecular weight is 243 g/mol. The van der Waals surface area contributed by atoms with Crippen molar-refractivity contribution < 1.29 is 18.3 Å². The zero-order valence-electron chi connectivity index (χ0n) is 9.31. The molecule has 1 N–H and O–H groups in total. The highest BCUT2D eigenvalue weighted by atomic mass is 32.2. The maximum absolute atomic E-state index is 11.7. The van der Waals surface area contributed by atoms with Crippen molar-refractivity contribution in [1.82, 2.24) is 4.98 Å². The Balaban J connectivity index is 3.61. The number of nitrogens with zero attached hydrogens (tertiary/aromatic N) is 1. The van der Waals surface area contributed by atoms with Crippen molar-refractivity contribution in [1.29, 1.82) is 0 Å². The molecule has 0 aromatic carbocycles. The van der Waals surface area contributed by atoms with Crippen LogP contribution in [0.15, 0.2) is 11.1 Å². The molecule has 1 rings (SSSR count). The van der Waals surface area contributed by atoms with E-state index in [1.54, 1.807) is 13.8 Å². The third-order valence-corrected chi connectivity index (χ3v) is 4.00. The minimum atomic E-state index is -3.61. The molecule has 88 valence electrons. The molecule has 0 saturated carbocycles. The molecule has 5 nitrogen and oxygen atoms in total. The van der Waals surface area contributed by atoms with Gasteiger partial charge in [-0.15, -0.1) is 0 Å². The van der Waals surface area contributed by atoms with Gasteiger partial charge in [0.25, 0.3) is 0 Å². The molecule has 1 heterocycles. The normalized spacial score (nSPS) is 11.4. The van der Waals surface area contributed by atoms with Crippen molar-refractivity contribution in [2.75, 3.05) is 5.75 Å². The first-order chi connectivity index (χ1) is 7.29. The molecule has 0 aliphatic carbocycles. The quantitative estimate of drug-likeness (QED) is 0.862. The summed E-state index contributed by atoms with van der Waals surface area (Å²) in [6.07, 6.45) is 0. The van der Waals surface area contributed by atoms with E-state index < -0.39 is 15.8 Å². The second-order valence-corrected chi connectivity index (χ2v) is 5.65. The molecular weight excluding hydrogens is 230 g/mol. The van der Waals surface area contributed by atoms with Gasteiger partial charge in [0, 0.05) is 5.69 Å². The van der Waals surface area contributed by atoms with E-state index in [0.717, 1.165) is 0 Å². The number of pyridine rings is 1. The summed E-state index contributed by atoms with van der Waals surface area (Å²) >= 11 is 0. The van der Waals surface area contributed by atoms with Gasteiger partial charge < -0.3 is 5.11 Å². The van der Waals surface area contributed by atoms with Gasteiger partial charge in [-0.25, -0.2) is 18.2 Å². The first-order valence-corrected chi connectivity index (χ1v) is 6.39. The molecular formula is C10H13NO4S. The molecule has 0 saturated heterocycles. The highest BCUT2D eigenvalue weighted by Gasteiger charge is 2.23. The van der Waals surface area contributed by atoms with Crippen LogP contribution in [-0.2, 0) is 9.84 Å². The predicted molar refractivity (Wildman–Crippen MR) is 58.4 cm³/mol. The fourth-order valence-electron chi connectivity index (χ4n) is 1.21. The van der Waals surface area contributed by atoms with Crippen LogP contribution in [0.4, 0.5) is 0 Å². The predicted octanol–water partition coefficient (Wildman–Crippen LogP) is 1.19. The lowest BCUT2D eigenvalue weighted by Gasteiger charge is -2.08. The van der Waals surface area contributed by atoms with Crippen molar-refractivity contribution >= 4 is 15.8 Å². The van der Waals surface area contributed by atoms with Crippen molar-refractivity contribution in [2.24, 2.45) is 0 Å². The lowest BCUT2D eigenvalue weighted by Crippen LogP contribution is -2.14. The van der Waals surface area contributed by atoms with Crippen molar-refractivity contribution in [3.8, 4) is 0 Å². The SMILES string of the molecule is CCS(=O)(=O)c1nc(C)c(C)cc1C(=O)O. The molecule has 0 radical (unpaired) electrons. The van der Waals surface area contributed by atoms with Crippen molar-refractivity contribution in [3.63, 3.8) is 0 Å². The van der Waals surface area contributed by atoms with Gasteiger partial charge in [0.2, 0.25) is 0 Å². The van der Waals surface area contributed by atoms with E-state index in [1.165, 1.54) is 13.0 Å². The minimum Gasteiger partial charge on any atom is -0.478 e. The number of rotatable bonds is 3. The Morgan fingerprint density at radius 1 is 1.44 bits per heavy atom. The Hall–Kier alpha value is -1.43. The molecule has 0 amide bonds. The molecule has 0 aliphatic heterocycles. The second-order valence-electron chi connectivity index (χ2n) is 3.45. The lowest BCUT2D eigenvalue weighted by molar-refractivity contribution is 0.0691. The van der Waals surface area contributed by atoms with Gasteiger partial charge in [-0.3, -0.25) is 0 Å². The van der Waals surface area contributed by atoms with Gasteiger partial charge in [0.15, 0.2) is 14.9 Å². The van der Waals surface area contributed by atoms with E-state index in [0.29, 0.717) is 11.3 Å². The van der Waals surface area contributed by atoms with Crippen LogP contribution < -0.4 is 0 Å². The van der Waals surface area contributed by atoms with Crippen LogP contribution in [0.25, 0.3) is 0 Å². The second kappa shape index (κ2) is 4.21. The van der Waals surface area contributed by atoms with E-state index >= 15 is 0 Å². The van der Waals surface area contributed by atoms with Gasteiger partial charge in [-0.2, -0.15) is 0 Å². The number of carbonyl (C=O) groups is 1. The van der Waals surface area contributed by atoms with E-state index in [-0.39, 0.29) is 16.3 Å². The lowest BCUT2D eigenvalue weighted by atomic mass is 10.2. The number of sulfone groups is 1. The molecule has 0 atom stereocenters. The van der Waals surface area contributed by atoms with Crippen molar-refractivity contribution in [3.05, 3.63) is 22.9 Å². The number of carboxylic acids is 1. The van der Waals surface area contributed by atoms with Crippen LogP contribution >= 0.6 is 0 Å². The Morgan fingerprint density at radius 3 is 2.44 bits per heavy atom. The van der Waals surface area contributed by atoms with Crippen LogP contribution in [0.3, 0.4) is 0 Å². The number of hydrogen-bond donors (Lipinski definition) is 1. The standard InChI is InChI=1S/C10H13NO4S/c1-4-16(14,15)9-8(10(12)13)5-6(2)7(3)11-9/h5H,4H2,1-3H3,(H,12,13). The van der Waals surface area contributed by atoms with Crippen LogP contribution in [0.1, 0.15) is 28.5 Å². The molecule has 0 fully saturated rings. The summed E-state index contributed by atoms with van der Waals surface area (Å²) in [4.78, 5) is 14.8. The van der Waals surface area contributed by atoms with Crippen LogP contribution in [0, 0.1) is 13.8 Å². The molecule has 0 spiro atoms. The first kappa shape index (κ1) is 12.6. The highest BCUT2D eigenvalue weighted by Crippen LogP contribution is 2.18. The highest BCUT2D eigenvalue weighted by molar-refractivity contribution is 7.91. The molecule has 6 heteroatoms. The zero-order chi connectivity index (χ0) is 12.5. The number of carboxylic acid groups (broad SMARTS) is 1. The summed E-state index contributed by atoms with van der Waals surface area (Å²) < 4.78 is 23.3. The number of aromatic nitrogens is 1. The average Bonchev–Trinajstić information content (AvgIpc) is 2.21. The topological polar surface area (TPSA) is 84.3 Å². The number of aromatic carboxylic acids is 1. The smallest absolute Gasteiger partial charge is 0.338 e. The van der Waals surface area contributed by atoms with Gasteiger partial charge in [0.05, 0.1) is 11.3 Å². The molecule has 0 aliphatic rings. The van der Waals surface area contributed by atoms with Crippen LogP contribution in [0.5, 0.6) is 0 Å². The van der Waals surface area contributed by atoms with Crippen LogP contribution in [-0.4, -0.2) is 30.2 Å². The van der Waals surface area contributed by atoms with E-state index in [1.807, 2.05) is 0 Å². The Bertz CT molecular complexity index is 534. The van der Waals surface area contributed by atoms with Gasteiger partial charge in [-0.1, -0.05) is 6.92 Å². The number of hydrogen-bond acceptors (Lipinski definition) is 4. The Kier molecular flexibility index (Phi) is 3.32. The van der Waals surface area contributed by atoms with Gasteiger partial charge in [0.1, 0.15) is 0 Å². The maximum Gasteiger partial charge on any atom is 0.338 e. The van der Waals surface area contributed by atoms with Gasteiger partial charge in [-0.05, 0) is 25.5 Å². The Labute approximate surface area is 94.1 Å². The summed E-state index contributed by atoms with van der Waals surface area (Å²) in [5, 5.41) is 8.59. The summed E-state index contributed by atoms with van der Waals surface area (Å²) in [6, 6.07) is 1.34. The summed E-state index contributed by atoms with van der Waals surface area (Å²) in [6.45, 7) is 4.80. The van der Waals surface area contributed by atoms with Crippen molar-refractivity contribution in [2.45, 2.75) is 25.8 Å². The fraction of sp³-hybridized carbons (Fsp3) is 0.400. The third kappa shape index (κ3) is 2.21. The van der Waals surface area contributed by atoms with Crippen LogP contribution in [0.2, 0.25) is 0 Å². The van der Waals surface area contributed by atoms with E-state index in [9.17, 15) is 13.2 Å². The monoisotopic (exact) mass is 243 g/mol. The molecule has 0 bridgehead atoms. The maximum atomic E-state index is 11.7. The summed E-state index contributed by atoms with van der Waals surface area (Å²) in [5.41, 5.74) is 0.925. The molecule has 1 aromatic rings. The summed E-state index contributed by atoms with van der Waals surface area (Å²) in [5.74, 6) is -1.44. The Morgan fingerprint density at radius 2 is 2.00 bits per heavy atom. The number of aryl methyl sites for hydroxylation is 2. The van der Waals surface area contributed by atoms with Gasteiger partial charge >= 0.3 is 5.97 Å². The third-order valence-electron chi connectivity index (χ3n) is 2.34. The summed E-state index contributed by atoms with van der Waals surface area (Å²) in [7, 11) is -3.61. The molecule has 0 unspecified atom stereocenters.